The third-order valence-electron chi connectivity index (χ3n) is 6.73. The molecule has 0 aliphatic rings. The predicted molar refractivity (Wildman–Crippen MR) is 153 cm³/mol. The Morgan fingerprint density at radius 2 is 1.93 bits per heavy atom. The van der Waals surface area contributed by atoms with E-state index in [1.54, 1.807) is 64.4 Å². The Hall–Kier alpha value is -5.63. The normalized spacial score (nSPS) is 11.8. The molecule has 0 radical (unpaired) electrons. The summed E-state index contributed by atoms with van der Waals surface area (Å²) in [6.07, 6.45) is 8.97. The maximum Gasteiger partial charge on any atom is 0.411 e. The van der Waals surface area contributed by atoms with Crippen LogP contribution in [0.2, 0.25) is 5.02 Å². The van der Waals surface area contributed by atoms with E-state index >= 15 is 4.39 Å². The second-order valence-corrected chi connectivity index (χ2v) is 9.73. The van der Waals surface area contributed by atoms with Crippen LogP contribution >= 0.6 is 11.6 Å². The molecule has 216 valence electrons. The van der Waals surface area contributed by atoms with Crippen molar-refractivity contribution in [2.75, 3.05) is 12.4 Å². The van der Waals surface area contributed by atoms with Crippen molar-refractivity contribution in [3.8, 4) is 27.9 Å². The minimum Gasteiger partial charge on any atom is -0.618 e. The lowest BCUT2D eigenvalue weighted by Gasteiger charge is -2.18. The van der Waals surface area contributed by atoms with Gasteiger partial charge in [-0.2, -0.15) is 19.6 Å². The number of ether oxygens (including phenoxy) is 1. The zero-order chi connectivity index (χ0) is 29.9. The van der Waals surface area contributed by atoms with E-state index in [1.807, 2.05) is 18.3 Å². The van der Waals surface area contributed by atoms with Crippen LogP contribution in [0.1, 0.15) is 11.7 Å². The van der Waals surface area contributed by atoms with Crippen LogP contribution in [0.15, 0.2) is 91.9 Å². The van der Waals surface area contributed by atoms with Gasteiger partial charge in [0.2, 0.25) is 5.69 Å². The SMILES string of the molecule is COC(=O)Nc1ccc(-c2cnn(C(Cn3cccn3)c3ccc(-c4c(-n5cnnn5)ccc(Cl)c4F)c[n+]3[O-])c2)cc1. The van der Waals surface area contributed by atoms with Gasteiger partial charge in [-0.05, 0) is 52.4 Å². The summed E-state index contributed by atoms with van der Waals surface area (Å²) in [6, 6.07) is 14.6. The number of tetrazole rings is 1. The molecule has 0 saturated carbocycles. The first-order valence-electron chi connectivity index (χ1n) is 12.8. The van der Waals surface area contributed by atoms with Gasteiger partial charge in [0, 0.05) is 35.9 Å². The maximum atomic E-state index is 15.3. The van der Waals surface area contributed by atoms with Gasteiger partial charge in [-0.15, -0.1) is 5.10 Å². The van der Waals surface area contributed by atoms with Crippen LogP contribution in [-0.4, -0.2) is 53.0 Å². The van der Waals surface area contributed by atoms with Gasteiger partial charge in [0.05, 0.1) is 41.7 Å². The minimum absolute atomic E-state index is 0.0751. The van der Waals surface area contributed by atoms with Crippen LogP contribution in [0.5, 0.6) is 0 Å². The highest BCUT2D eigenvalue weighted by Gasteiger charge is 2.26. The molecule has 6 aromatic rings. The molecular weight excluding hydrogens is 579 g/mol. The Bertz CT molecular complexity index is 1880. The van der Waals surface area contributed by atoms with Crippen LogP contribution in [0.25, 0.3) is 27.9 Å². The number of nitrogens with one attached hydrogen (secondary N) is 1. The lowest BCUT2D eigenvalue weighted by molar-refractivity contribution is -0.615. The molecule has 0 spiro atoms. The average molecular weight is 601 g/mol. The number of carbonyl (C=O) groups excluding carboxylic acids is 1. The third kappa shape index (κ3) is 5.63. The van der Waals surface area contributed by atoms with Crippen LogP contribution < -0.4 is 10.0 Å². The molecule has 0 saturated heterocycles. The summed E-state index contributed by atoms with van der Waals surface area (Å²) in [7, 11) is 1.29. The first-order chi connectivity index (χ1) is 20.9. The second kappa shape index (κ2) is 11.7. The quantitative estimate of drug-likeness (QED) is 0.201. The summed E-state index contributed by atoms with van der Waals surface area (Å²) in [4.78, 5) is 11.5. The van der Waals surface area contributed by atoms with E-state index in [1.165, 1.54) is 30.4 Å². The van der Waals surface area contributed by atoms with Gasteiger partial charge < -0.3 is 9.94 Å². The number of hydrogen-bond donors (Lipinski definition) is 1. The lowest BCUT2D eigenvalue weighted by atomic mass is 10.0. The minimum atomic E-state index is -0.708. The second-order valence-electron chi connectivity index (χ2n) is 9.33. The maximum absolute atomic E-state index is 15.3. The van der Waals surface area contributed by atoms with E-state index in [4.69, 9.17) is 11.6 Å². The molecule has 0 bridgehead atoms. The number of anilines is 1. The van der Waals surface area contributed by atoms with Crippen molar-refractivity contribution < 1.29 is 18.7 Å². The van der Waals surface area contributed by atoms with E-state index in [0.29, 0.717) is 28.3 Å². The largest absolute Gasteiger partial charge is 0.618 e. The summed E-state index contributed by atoms with van der Waals surface area (Å²) in [5.74, 6) is -0.708. The van der Waals surface area contributed by atoms with Crippen molar-refractivity contribution in [3.05, 3.63) is 114 Å². The van der Waals surface area contributed by atoms with Crippen molar-refractivity contribution in [3.63, 3.8) is 0 Å². The van der Waals surface area contributed by atoms with E-state index < -0.39 is 18.0 Å². The Labute approximate surface area is 248 Å². The average Bonchev–Trinajstić information content (AvgIpc) is 3.82. The number of hydrogen-bond acceptors (Lipinski definition) is 8. The topological polar surface area (TPSA) is 145 Å². The number of amides is 1. The molecule has 0 aliphatic carbocycles. The van der Waals surface area contributed by atoms with Gasteiger partial charge >= 0.3 is 6.09 Å². The molecular formula is C28H22ClFN10O3. The number of methoxy groups -OCH3 is 1. The van der Waals surface area contributed by atoms with Crippen LogP contribution in [0.3, 0.4) is 0 Å². The molecule has 4 heterocycles. The predicted octanol–water partition coefficient (Wildman–Crippen LogP) is 4.28. The smallest absolute Gasteiger partial charge is 0.411 e. The number of benzene rings is 2. The van der Waals surface area contributed by atoms with Crippen molar-refractivity contribution in [2.24, 2.45) is 0 Å². The molecule has 0 fully saturated rings. The molecule has 6 rings (SSSR count). The Morgan fingerprint density at radius 3 is 2.63 bits per heavy atom. The number of carbonyl (C=O) groups is 1. The van der Waals surface area contributed by atoms with Crippen molar-refractivity contribution in [1.82, 2.24) is 39.8 Å². The van der Waals surface area contributed by atoms with Gasteiger partial charge in [-0.25, -0.2) is 9.18 Å². The molecule has 15 heteroatoms. The molecule has 4 aromatic heterocycles. The molecule has 2 aromatic carbocycles. The highest BCUT2D eigenvalue weighted by atomic mass is 35.5. The van der Waals surface area contributed by atoms with Gasteiger partial charge in [0.15, 0.2) is 18.1 Å². The fourth-order valence-electron chi connectivity index (χ4n) is 4.65. The fraction of sp³-hybridized carbons (Fsp3) is 0.107. The molecule has 1 atom stereocenters. The molecule has 13 nitrogen and oxygen atoms in total. The highest BCUT2D eigenvalue weighted by molar-refractivity contribution is 6.31. The first kappa shape index (κ1) is 27.5. The fourth-order valence-corrected chi connectivity index (χ4v) is 4.80. The molecule has 0 aliphatic heterocycles. The van der Waals surface area contributed by atoms with E-state index in [9.17, 15) is 10.0 Å². The van der Waals surface area contributed by atoms with Crippen molar-refractivity contribution in [2.45, 2.75) is 12.6 Å². The van der Waals surface area contributed by atoms with Crippen LogP contribution in [0.4, 0.5) is 14.9 Å². The van der Waals surface area contributed by atoms with Gasteiger partial charge in [0.1, 0.15) is 6.33 Å². The van der Waals surface area contributed by atoms with Gasteiger partial charge in [0.25, 0.3) is 0 Å². The van der Waals surface area contributed by atoms with E-state index in [0.717, 1.165) is 11.1 Å². The Balaban J connectivity index is 1.36. The molecule has 1 amide bonds. The number of pyridine rings is 1. The number of aromatic nitrogens is 9. The number of rotatable bonds is 8. The highest BCUT2D eigenvalue weighted by Crippen LogP contribution is 2.33. The first-order valence-corrected chi connectivity index (χ1v) is 13.2. The van der Waals surface area contributed by atoms with E-state index in [-0.39, 0.29) is 16.1 Å². The Kier molecular flexibility index (Phi) is 7.49. The zero-order valence-corrected chi connectivity index (χ0v) is 23.2. The van der Waals surface area contributed by atoms with Gasteiger partial charge in [-0.1, -0.05) is 23.7 Å². The summed E-state index contributed by atoms with van der Waals surface area (Å²) in [5, 5.41) is 36.0. The van der Waals surface area contributed by atoms with Gasteiger partial charge in [-0.3, -0.25) is 14.7 Å². The lowest BCUT2D eigenvalue weighted by Crippen LogP contribution is -2.37. The van der Waals surface area contributed by atoms with Crippen LogP contribution in [-0.2, 0) is 11.3 Å². The number of halogens is 2. The standard InChI is InChI=1S/C28H22ClFN10O3/c1-43-28(41)34-21-6-3-18(4-7-21)20-13-33-38(14-20)25(16-37-12-2-11-32-37)23-9-5-19(15-40(23)42)26-24(39-17-31-35-36-39)10-8-22(29)27(26)30/h2-15,17,25H,16H2,1H3,(H,34,41). The summed E-state index contributed by atoms with van der Waals surface area (Å²) in [5.41, 5.74) is 3.23. The molecule has 1 unspecified atom stereocenters. The summed E-state index contributed by atoms with van der Waals surface area (Å²) < 4.78 is 25.3. The Morgan fingerprint density at radius 1 is 1.12 bits per heavy atom. The third-order valence-corrected chi connectivity index (χ3v) is 7.03. The monoisotopic (exact) mass is 600 g/mol. The molecule has 43 heavy (non-hydrogen) atoms. The van der Waals surface area contributed by atoms with Crippen molar-refractivity contribution in [1.29, 1.82) is 0 Å². The van der Waals surface area contributed by atoms with E-state index in [2.05, 4.69) is 35.8 Å². The molecule has 1 N–H and O–H groups in total. The summed E-state index contributed by atoms with van der Waals surface area (Å²) in [6.45, 7) is 0.291. The number of nitrogens with zero attached hydrogens (tertiary/aromatic N) is 9. The summed E-state index contributed by atoms with van der Waals surface area (Å²) >= 11 is 6.10. The van der Waals surface area contributed by atoms with Crippen LogP contribution in [0, 0.1) is 11.0 Å². The zero-order valence-electron chi connectivity index (χ0n) is 22.5. The van der Waals surface area contributed by atoms with Crippen molar-refractivity contribution >= 4 is 23.4 Å².